The zero-order valence-corrected chi connectivity index (χ0v) is 15.4. The van der Waals surface area contributed by atoms with E-state index in [0.717, 1.165) is 22.6 Å². The third kappa shape index (κ3) is 3.76. The molecule has 132 valence electrons. The molecule has 0 aromatic carbocycles. The normalized spacial score (nSPS) is 11.2. The molecule has 0 atom stereocenters. The van der Waals surface area contributed by atoms with Crippen LogP contribution >= 0.6 is 11.3 Å². The molecule has 0 unspecified atom stereocenters. The number of thiophene rings is 1. The minimum atomic E-state index is -0.186. The van der Waals surface area contributed by atoms with Gasteiger partial charge in [0.25, 0.3) is 5.91 Å². The molecule has 1 N–H and O–H groups in total. The molecule has 3 aromatic rings. The summed E-state index contributed by atoms with van der Waals surface area (Å²) in [5, 5.41) is 18.8. The number of tetrazole rings is 1. The van der Waals surface area contributed by atoms with Crippen molar-refractivity contribution in [1.29, 1.82) is 0 Å². The van der Waals surface area contributed by atoms with Crippen molar-refractivity contribution >= 4 is 17.2 Å². The topological polar surface area (TPSA) is 98.7 Å². The second kappa shape index (κ2) is 7.14. The minimum Gasteiger partial charge on any atom is -0.359 e. The summed E-state index contributed by atoms with van der Waals surface area (Å²) in [6.07, 6.45) is 2.33. The molecule has 0 saturated heterocycles. The number of rotatable bonds is 6. The van der Waals surface area contributed by atoms with Gasteiger partial charge in [0, 0.05) is 10.9 Å². The first-order valence-electron chi connectivity index (χ1n) is 8.01. The molecule has 0 fully saturated rings. The van der Waals surface area contributed by atoms with E-state index in [1.54, 1.807) is 0 Å². The fourth-order valence-corrected chi connectivity index (χ4v) is 3.57. The summed E-state index contributed by atoms with van der Waals surface area (Å²) in [6, 6.07) is 1.88. The molecule has 0 saturated carbocycles. The van der Waals surface area contributed by atoms with E-state index in [1.165, 1.54) is 22.3 Å². The number of aromatic nitrogens is 5. The summed E-state index contributed by atoms with van der Waals surface area (Å²) in [5.41, 5.74) is 2.40. The van der Waals surface area contributed by atoms with E-state index in [9.17, 15) is 4.79 Å². The molecule has 0 aliphatic rings. The first-order valence-corrected chi connectivity index (χ1v) is 8.83. The SMILES string of the molecule is Cc1sc(-n2cnnn2)c(C(=O)NCc2cc(CC(C)C)no2)c1C. The quantitative estimate of drug-likeness (QED) is 0.725. The van der Waals surface area contributed by atoms with E-state index in [2.05, 4.69) is 39.8 Å². The molecular formula is C16H20N6O2S. The second-order valence-corrected chi connectivity index (χ2v) is 7.49. The van der Waals surface area contributed by atoms with Crippen LogP contribution in [0.15, 0.2) is 16.9 Å². The zero-order chi connectivity index (χ0) is 18.0. The Morgan fingerprint density at radius 2 is 2.20 bits per heavy atom. The van der Waals surface area contributed by atoms with Crippen LogP contribution < -0.4 is 5.32 Å². The van der Waals surface area contributed by atoms with Gasteiger partial charge in [0.2, 0.25) is 0 Å². The molecule has 0 aliphatic heterocycles. The van der Waals surface area contributed by atoms with Gasteiger partial charge >= 0.3 is 0 Å². The minimum absolute atomic E-state index is 0.186. The van der Waals surface area contributed by atoms with E-state index in [0.29, 0.717) is 22.2 Å². The first kappa shape index (κ1) is 17.3. The molecular weight excluding hydrogens is 340 g/mol. The molecule has 9 heteroatoms. The number of amides is 1. The largest absolute Gasteiger partial charge is 0.359 e. The van der Waals surface area contributed by atoms with Crippen LogP contribution in [-0.2, 0) is 13.0 Å². The molecule has 3 rings (SSSR count). The van der Waals surface area contributed by atoms with Gasteiger partial charge in [-0.15, -0.1) is 16.4 Å². The van der Waals surface area contributed by atoms with Gasteiger partial charge in [-0.25, -0.2) is 0 Å². The third-order valence-electron chi connectivity index (χ3n) is 3.80. The van der Waals surface area contributed by atoms with Crippen molar-refractivity contribution < 1.29 is 9.32 Å². The van der Waals surface area contributed by atoms with Gasteiger partial charge in [0.1, 0.15) is 11.3 Å². The van der Waals surface area contributed by atoms with Crippen molar-refractivity contribution in [3.05, 3.63) is 39.9 Å². The monoisotopic (exact) mass is 360 g/mol. The van der Waals surface area contributed by atoms with E-state index in [4.69, 9.17) is 4.52 Å². The molecule has 25 heavy (non-hydrogen) atoms. The molecule has 0 radical (unpaired) electrons. The number of nitrogens with one attached hydrogen (secondary N) is 1. The second-order valence-electron chi connectivity index (χ2n) is 6.28. The van der Waals surface area contributed by atoms with Crippen LogP contribution in [0.25, 0.3) is 5.00 Å². The highest BCUT2D eigenvalue weighted by atomic mass is 32.1. The van der Waals surface area contributed by atoms with Gasteiger partial charge in [0.15, 0.2) is 5.76 Å². The Hall–Kier alpha value is -2.55. The van der Waals surface area contributed by atoms with Crippen molar-refractivity contribution in [2.75, 3.05) is 0 Å². The molecule has 3 aromatic heterocycles. The highest BCUT2D eigenvalue weighted by molar-refractivity contribution is 7.15. The van der Waals surface area contributed by atoms with Gasteiger partial charge in [-0.05, 0) is 42.2 Å². The fraction of sp³-hybridized carbons (Fsp3) is 0.438. The van der Waals surface area contributed by atoms with Gasteiger partial charge in [0.05, 0.1) is 17.8 Å². The molecule has 0 bridgehead atoms. The molecule has 1 amide bonds. The van der Waals surface area contributed by atoms with Crippen LogP contribution in [0.3, 0.4) is 0 Å². The number of carbonyl (C=O) groups excluding carboxylic acids is 1. The van der Waals surface area contributed by atoms with Gasteiger partial charge in [-0.2, -0.15) is 4.68 Å². The average molecular weight is 360 g/mol. The molecule has 0 aliphatic carbocycles. The Morgan fingerprint density at radius 3 is 2.88 bits per heavy atom. The predicted octanol–water partition coefficient (Wildman–Crippen LogP) is 2.46. The summed E-state index contributed by atoms with van der Waals surface area (Å²) in [7, 11) is 0. The lowest BCUT2D eigenvalue weighted by molar-refractivity contribution is 0.0946. The van der Waals surface area contributed by atoms with E-state index in [1.807, 2.05) is 19.9 Å². The lowest BCUT2D eigenvalue weighted by Crippen LogP contribution is -2.24. The average Bonchev–Trinajstić information content (AvgIpc) is 3.27. The van der Waals surface area contributed by atoms with Gasteiger partial charge < -0.3 is 9.84 Å². The Kier molecular flexibility index (Phi) is 4.93. The lowest BCUT2D eigenvalue weighted by Gasteiger charge is -2.05. The Morgan fingerprint density at radius 1 is 1.40 bits per heavy atom. The van der Waals surface area contributed by atoms with E-state index in [-0.39, 0.29) is 12.5 Å². The van der Waals surface area contributed by atoms with Crippen LogP contribution in [0.1, 0.15) is 46.1 Å². The van der Waals surface area contributed by atoms with Crippen LogP contribution in [0.2, 0.25) is 0 Å². The summed E-state index contributed by atoms with van der Waals surface area (Å²) in [4.78, 5) is 13.8. The van der Waals surface area contributed by atoms with Crippen molar-refractivity contribution in [2.24, 2.45) is 5.92 Å². The standard InChI is InChI=1S/C16H20N6O2S/c1-9(2)5-12-6-13(24-19-12)7-17-15(23)14-10(3)11(4)25-16(14)22-8-18-20-21-22/h6,8-9H,5,7H2,1-4H3,(H,17,23). The van der Waals surface area contributed by atoms with Crippen LogP contribution in [-0.4, -0.2) is 31.3 Å². The van der Waals surface area contributed by atoms with Crippen LogP contribution in [0.4, 0.5) is 0 Å². The number of hydrogen-bond acceptors (Lipinski definition) is 7. The third-order valence-corrected chi connectivity index (χ3v) is 5.00. The Labute approximate surface area is 149 Å². The summed E-state index contributed by atoms with van der Waals surface area (Å²) in [5.74, 6) is 0.953. The molecule has 8 nitrogen and oxygen atoms in total. The zero-order valence-electron chi connectivity index (χ0n) is 14.6. The van der Waals surface area contributed by atoms with Crippen LogP contribution in [0, 0.1) is 19.8 Å². The van der Waals surface area contributed by atoms with Gasteiger partial charge in [-0.3, -0.25) is 4.79 Å². The van der Waals surface area contributed by atoms with E-state index >= 15 is 0 Å². The highest BCUT2D eigenvalue weighted by Gasteiger charge is 2.21. The van der Waals surface area contributed by atoms with Crippen molar-refractivity contribution in [1.82, 2.24) is 30.7 Å². The lowest BCUT2D eigenvalue weighted by atomic mass is 10.1. The Balaban J connectivity index is 1.75. The predicted molar refractivity (Wildman–Crippen MR) is 92.7 cm³/mol. The summed E-state index contributed by atoms with van der Waals surface area (Å²) < 4.78 is 6.80. The maximum Gasteiger partial charge on any atom is 0.255 e. The van der Waals surface area contributed by atoms with Crippen molar-refractivity contribution in [3.63, 3.8) is 0 Å². The summed E-state index contributed by atoms with van der Waals surface area (Å²) >= 11 is 1.48. The fourth-order valence-electron chi connectivity index (χ4n) is 2.50. The number of hydrogen-bond donors (Lipinski definition) is 1. The van der Waals surface area contributed by atoms with Crippen molar-refractivity contribution in [3.8, 4) is 5.00 Å². The number of nitrogens with zero attached hydrogens (tertiary/aromatic N) is 5. The first-order chi connectivity index (χ1) is 12.0. The van der Waals surface area contributed by atoms with Crippen LogP contribution in [0.5, 0.6) is 0 Å². The Bertz CT molecular complexity index is 865. The number of carbonyl (C=O) groups is 1. The summed E-state index contributed by atoms with van der Waals surface area (Å²) in [6.45, 7) is 8.42. The molecule has 3 heterocycles. The highest BCUT2D eigenvalue weighted by Crippen LogP contribution is 2.30. The molecule has 0 spiro atoms. The maximum absolute atomic E-state index is 12.7. The maximum atomic E-state index is 12.7. The van der Waals surface area contributed by atoms with Crippen molar-refractivity contribution in [2.45, 2.75) is 40.7 Å². The number of aryl methyl sites for hydroxylation is 1. The van der Waals surface area contributed by atoms with Gasteiger partial charge in [-0.1, -0.05) is 19.0 Å². The smallest absolute Gasteiger partial charge is 0.255 e. The van der Waals surface area contributed by atoms with E-state index < -0.39 is 0 Å².